The summed E-state index contributed by atoms with van der Waals surface area (Å²) in [6.45, 7) is 1.45. The summed E-state index contributed by atoms with van der Waals surface area (Å²) in [5.41, 5.74) is 6.35. The largest absolute Gasteiger partial charge is 0.493 e. The van der Waals surface area contributed by atoms with Crippen LogP contribution in [0, 0.1) is 0 Å². The number of hydrogen-bond acceptors (Lipinski definition) is 4. The third kappa shape index (κ3) is 3.81. The third-order valence-corrected chi connectivity index (χ3v) is 5.69. The van der Waals surface area contributed by atoms with E-state index in [9.17, 15) is 0 Å². The Morgan fingerprint density at radius 2 is 1.78 bits per heavy atom. The summed E-state index contributed by atoms with van der Waals surface area (Å²) in [7, 11) is 5.72. The van der Waals surface area contributed by atoms with Crippen molar-refractivity contribution in [3.05, 3.63) is 67.1 Å². The summed E-state index contributed by atoms with van der Waals surface area (Å²) < 4.78 is 11.5. The van der Waals surface area contributed by atoms with Crippen molar-refractivity contribution in [2.45, 2.75) is 0 Å². The number of aromatic nitrogens is 3. The molecule has 3 aromatic heterocycles. The molecule has 0 saturated heterocycles. The van der Waals surface area contributed by atoms with Gasteiger partial charge in [0.1, 0.15) is 12.3 Å². The minimum Gasteiger partial charge on any atom is -0.493 e. The van der Waals surface area contributed by atoms with E-state index in [0.29, 0.717) is 12.4 Å². The monoisotopic (exact) mass is 426 g/mol. The standard InChI is InChI=1S/C26H26N4O2/c1-30(2)10-11-32-24-7-5-17(14-25(24)31-3)20-13-21-22(16-29-26(21)28-15-20)18-4-6-23-19(12-18)8-9-27-23/h4-9,12-16,27H,10-11H2,1-3H3,(H,28,29). The van der Waals surface area contributed by atoms with Crippen molar-refractivity contribution in [1.82, 2.24) is 19.9 Å². The first-order valence-electron chi connectivity index (χ1n) is 10.6. The van der Waals surface area contributed by atoms with Gasteiger partial charge < -0.3 is 24.3 Å². The van der Waals surface area contributed by atoms with Crippen LogP contribution < -0.4 is 9.47 Å². The van der Waals surface area contributed by atoms with Gasteiger partial charge in [-0.1, -0.05) is 12.1 Å². The van der Waals surface area contributed by atoms with E-state index in [1.807, 2.05) is 44.8 Å². The van der Waals surface area contributed by atoms with Gasteiger partial charge in [-0.3, -0.25) is 0 Å². The van der Waals surface area contributed by atoms with Gasteiger partial charge in [-0.2, -0.15) is 0 Å². The Labute approximate surface area is 186 Å². The van der Waals surface area contributed by atoms with Crippen molar-refractivity contribution in [2.24, 2.45) is 0 Å². The molecule has 2 N–H and O–H groups in total. The van der Waals surface area contributed by atoms with E-state index in [1.165, 1.54) is 5.39 Å². The van der Waals surface area contributed by atoms with Gasteiger partial charge >= 0.3 is 0 Å². The second kappa shape index (κ2) is 8.40. The molecule has 0 bridgehead atoms. The zero-order valence-corrected chi connectivity index (χ0v) is 18.5. The van der Waals surface area contributed by atoms with Crippen molar-refractivity contribution in [3.63, 3.8) is 0 Å². The van der Waals surface area contributed by atoms with Gasteiger partial charge in [0.25, 0.3) is 0 Å². The zero-order chi connectivity index (χ0) is 22.1. The molecule has 0 aliphatic heterocycles. The molecular weight excluding hydrogens is 400 g/mol. The fourth-order valence-corrected chi connectivity index (χ4v) is 3.93. The van der Waals surface area contributed by atoms with E-state index in [0.717, 1.165) is 51.1 Å². The maximum absolute atomic E-state index is 5.90. The number of fused-ring (bicyclic) bond motifs is 2. The molecule has 2 aromatic carbocycles. The summed E-state index contributed by atoms with van der Waals surface area (Å²) in [4.78, 5) is 13.3. The van der Waals surface area contributed by atoms with Gasteiger partial charge in [0.2, 0.25) is 0 Å². The Morgan fingerprint density at radius 1 is 0.906 bits per heavy atom. The first-order valence-corrected chi connectivity index (χ1v) is 10.6. The molecule has 5 aromatic rings. The van der Waals surface area contributed by atoms with E-state index >= 15 is 0 Å². The van der Waals surface area contributed by atoms with Crippen LogP contribution in [0.25, 0.3) is 44.2 Å². The Kier molecular flexibility index (Phi) is 5.29. The number of nitrogens with one attached hydrogen (secondary N) is 2. The molecule has 0 aliphatic rings. The molecular formula is C26H26N4O2. The number of methoxy groups -OCH3 is 1. The lowest BCUT2D eigenvalue weighted by atomic mass is 10.0. The average Bonchev–Trinajstić information content (AvgIpc) is 3.44. The minimum absolute atomic E-state index is 0.606. The SMILES string of the molecule is COc1cc(-c2cnc3[nH]cc(-c4ccc5[nH]ccc5c4)c3c2)ccc1OCCN(C)C. The van der Waals surface area contributed by atoms with Gasteiger partial charge in [0.05, 0.1) is 7.11 Å². The fourth-order valence-electron chi connectivity index (χ4n) is 3.93. The lowest BCUT2D eigenvalue weighted by molar-refractivity contribution is 0.251. The van der Waals surface area contributed by atoms with E-state index in [2.05, 4.69) is 56.3 Å². The molecule has 6 heteroatoms. The molecule has 0 unspecified atom stereocenters. The smallest absolute Gasteiger partial charge is 0.161 e. The Balaban J connectivity index is 1.50. The highest BCUT2D eigenvalue weighted by Crippen LogP contribution is 2.35. The molecule has 0 spiro atoms. The fraction of sp³-hybridized carbons (Fsp3) is 0.192. The Morgan fingerprint density at radius 3 is 2.62 bits per heavy atom. The van der Waals surface area contributed by atoms with E-state index in [4.69, 9.17) is 9.47 Å². The lowest BCUT2D eigenvalue weighted by Gasteiger charge is -2.14. The van der Waals surface area contributed by atoms with Crippen molar-refractivity contribution in [1.29, 1.82) is 0 Å². The zero-order valence-electron chi connectivity index (χ0n) is 18.5. The van der Waals surface area contributed by atoms with Crippen LogP contribution in [0.15, 0.2) is 67.1 Å². The topological polar surface area (TPSA) is 66.2 Å². The number of hydrogen-bond donors (Lipinski definition) is 2. The maximum Gasteiger partial charge on any atom is 0.161 e. The van der Waals surface area contributed by atoms with Gasteiger partial charge in [-0.25, -0.2) is 4.98 Å². The van der Waals surface area contributed by atoms with Gasteiger partial charge in [-0.15, -0.1) is 0 Å². The van der Waals surface area contributed by atoms with Crippen molar-refractivity contribution in [2.75, 3.05) is 34.4 Å². The number of nitrogens with zero attached hydrogens (tertiary/aromatic N) is 2. The van der Waals surface area contributed by atoms with Crippen LogP contribution >= 0.6 is 0 Å². The van der Waals surface area contributed by atoms with E-state index in [-0.39, 0.29) is 0 Å². The van der Waals surface area contributed by atoms with Crippen LogP contribution in [0.5, 0.6) is 11.5 Å². The molecule has 0 saturated carbocycles. The van der Waals surface area contributed by atoms with Crippen molar-refractivity contribution < 1.29 is 9.47 Å². The highest BCUT2D eigenvalue weighted by molar-refractivity contribution is 5.98. The molecule has 0 amide bonds. The molecule has 0 fully saturated rings. The first-order chi connectivity index (χ1) is 15.6. The molecule has 0 radical (unpaired) electrons. The van der Waals surface area contributed by atoms with Crippen LogP contribution in [-0.4, -0.2) is 54.2 Å². The second-order valence-electron chi connectivity index (χ2n) is 8.12. The van der Waals surface area contributed by atoms with E-state index < -0.39 is 0 Å². The number of rotatable bonds is 7. The quantitative estimate of drug-likeness (QED) is 0.369. The number of ether oxygens (including phenoxy) is 2. The highest BCUT2D eigenvalue weighted by Gasteiger charge is 2.12. The first kappa shape index (κ1) is 20.2. The summed E-state index contributed by atoms with van der Waals surface area (Å²) >= 11 is 0. The Bertz CT molecular complexity index is 1380. The average molecular weight is 427 g/mol. The maximum atomic E-state index is 5.90. The summed E-state index contributed by atoms with van der Waals surface area (Å²) in [6.07, 6.45) is 5.88. The number of benzene rings is 2. The number of aromatic amines is 2. The molecule has 32 heavy (non-hydrogen) atoms. The lowest BCUT2D eigenvalue weighted by Crippen LogP contribution is -2.19. The van der Waals surface area contributed by atoms with Crippen LogP contribution in [0.1, 0.15) is 0 Å². The third-order valence-electron chi connectivity index (χ3n) is 5.69. The molecule has 6 nitrogen and oxygen atoms in total. The number of likely N-dealkylation sites (N-methyl/N-ethyl adjacent to an activating group) is 1. The van der Waals surface area contributed by atoms with Crippen LogP contribution in [0.2, 0.25) is 0 Å². The summed E-state index contributed by atoms with van der Waals surface area (Å²) in [5.74, 6) is 1.46. The van der Waals surface area contributed by atoms with Crippen molar-refractivity contribution >= 4 is 21.9 Å². The molecule has 0 atom stereocenters. The second-order valence-corrected chi connectivity index (χ2v) is 8.12. The normalized spacial score (nSPS) is 11.5. The van der Waals surface area contributed by atoms with Gasteiger partial charge in [0.15, 0.2) is 11.5 Å². The van der Waals surface area contributed by atoms with Crippen LogP contribution in [0.3, 0.4) is 0 Å². The summed E-state index contributed by atoms with van der Waals surface area (Å²) in [5, 5.41) is 2.28. The van der Waals surface area contributed by atoms with Gasteiger partial charge in [-0.05, 0) is 67.0 Å². The summed E-state index contributed by atoms with van der Waals surface area (Å²) in [6, 6.07) is 16.7. The molecule has 0 aliphatic carbocycles. The highest BCUT2D eigenvalue weighted by atomic mass is 16.5. The minimum atomic E-state index is 0.606. The predicted octanol–water partition coefficient (Wildman–Crippen LogP) is 5.33. The van der Waals surface area contributed by atoms with Crippen LogP contribution in [0.4, 0.5) is 0 Å². The van der Waals surface area contributed by atoms with Crippen LogP contribution in [-0.2, 0) is 0 Å². The number of H-pyrrole nitrogens is 2. The molecule has 162 valence electrons. The molecule has 5 rings (SSSR count). The predicted molar refractivity (Wildman–Crippen MR) is 129 cm³/mol. The van der Waals surface area contributed by atoms with E-state index in [1.54, 1.807) is 7.11 Å². The number of pyridine rings is 1. The Hall–Kier alpha value is -3.77. The van der Waals surface area contributed by atoms with Crippen molar-refractivity contribution in [3.8, 4) is 33.8 Å². The van der Waals surface area contributed by atoms with Gasteiger partial charge in [0, 0.05) is 47.2 Å². The molecule has 3 heterocycles.